The molecule has 1 heterocycles. The fourth-order valence-corrected chi connectivity index (χ4v) is 1.01. The van der Waals surface area contributed by atoms with E-state index >= 15 is 0 Å². The molecule has 0 amide bonds. The van der Waals surface area contributed by atoms with E-state index in [0.29, 0.717) is 11.6 Å². The van der Waals surface area contributed by atoms with E-state index in [0.717, 1.165) is 18.6 Å². The molecule has 1 fully saturated rings. The van der Waals surface area contributed by atoms with E-state index in [1.807, 2.05) is 0 Å². The Morgan fingerprint density at radius 1 is 1.73 bits per heavy atom. The molecule has 2 rings (SSSR count). The van der Waals surface area contributed by atoms with E-state index in [-0.39, 0.29) is 0 Å². The zero-order valence-corrected chi connectivity index (χ0v) is 5.78. The third-order valence-corrected chi connectivity index (χ3v) is 1.69. The van der Waals surface area contributed by atoms with Gasteiger partial charge in [-0.25, -0.2) is 4.79 Å². The highest BCUT2D eigenvalue weighted by Gasteiger charge is 2.30. The van der Waals surface area contributed by atoms with Gasteiger partial charge in [-0.3, -0.25) is 0 Å². The van der Waals surface area contributed by atoms with Crippen molar-refractivity contribution in [2.75, 3.05) is 0 Å². The van der Waals surface area contributed by atoms with Gasteiger partial charge in [-0.15, -0.1) is 0 Å². The summed E-state index contributed by atoms with van der Waals surface area (Å²) >= 11 is 0. The number of nitrogens with zero attached hydrogens (tertiary/aromatic N) is 2. The molecule has 1 aromatic heterocycles. The standard InChI is InChI=1S/C7H6N2O2/c10-4-8-6-3-9-11-7(6)5-1-2-5/h3,5H,1-2H2. The SMILES string of the molecule is O=C=Nc1cnoc1C1CC1. The lowest BCUT2D eigenvalue weighted by Crippen LogP contribution is -1.71. The fraction of sp³-hybridized carbons (Fsp3) is 0.429. The fourth-order valence-electron chi connectivity index (χ4n) is 1.01. The van der Waals surface area contributed by atoms with Crippen LogP contribution in [0.5, 0.6) is 0 Å². The van der Waals surface area contributed by atoms with Crippen molar-refractivity contribution in [2.45, 2.75) is 18.8 Å². The van der Waals surface area contributed by atoms with E-state index in [1.54, 1.807) is 0 Å². The molecule has 1 aliphatic rings. The topological polar surface area (TPSA) is 55.5 Å². The van der Waals surface area contributed by atoms with Crippen LogP contribution in [0.3, 0.4) is 0 Å². The van der Waals surface area contributed by atoms with Crippen LogP contribution in [-0.4, -0.2) is 11.2 Å². The van der Waals surface area contributed by atoms with Crippen molar-refractivity contribution in [3.05, 3.63) is 12.0 Å². The molecule has 0 N–H and O–H groups in total. The third-order valence-electron chi connectivity index (χ3n) is 1.69. The molecule has 0 spiro atoms. The molecule has 0 atom stereocenters. The predicted molar refractivity (Wildman–Crippen MR) is 36.3 cm³/mol. The smallest absolute Gasteiger partial charge is 0.240 e. The van der Waals surface area contributed by atoms with E-state index in [9.17, 15) is 4.79 Å². The Balaban J connectivity index is 2.36. The molecule has 1 saturated carbocycles. The Labute approximate surface area is 62.9 Å². The van der Waals surface area contributed by atoms with Crippen molar-refractivity contribution >= 4 is 11.8 Å². The number of hydrogen-bond donors (Lipinski definition) is 0. The molecule has 11 heavy (non-hydrogen) atoms. The molecule has 0 radical (unpaired) electrons. The van der Waals surface area contributed by atoms with Gasteiger partial charge in [0.2, 0.25) is 6.08 Å². The van der Waals surface area contributed by atoms with E-state index in [1.165, 1.54) is 12.3 Å². The largest absolute Gasteiger partial charge is 0.359 e. The Hall–Kier alpha value is -1.41. The zero-order valence-electron chi connectivity index (χ0n) is 5.78. The summed E-state index contributed by atoms with van der Waals surface area (Å²) in [5, 5.41) is 3.55. The first kappa shape index (κ1) is 6.31. The highest BCUT2D eigenvalue weighted by molar-refractivity contribution is 5.50. The van der Waals surface area contributed by atoms with Gasteiger partial charge in [0.05, 0.1) is 6.20 Å². The lowest BCUT2D eigenvalue weighted by molar-refractivity contribution is 0.385. The normalized spacial score (nSPS) is 16.0. The number of rotatable bonds is 2. The third kappa shape index (κ3) is 1.08. The Bertz CT molecular complexity index is 308. The Morgan fingerprint density at radius 2 is 2.55 bits per heavy atom. The summed E-state index contributed by atoms with van der Waals surface area (Å²) in [4.78, 5) is 13.4. The molecule has 0 aliphatic heterocycles. The summed E-state index contributed by atoms with van der Waals surface area (Å²) in [5.41, 5.74) is 0.530. The minimum Gasteiger partial charge on any atom is -0.359 e. The summed E-state index contributed by atoms with van der Waals surface area (Å²) in [5.74, 6) is 1.16. The Kier molecular flexibility index (Phi) is 1.33. The molecular weight excluding hydrogens is 144 g/mol. The molecule has 4 heteroatoms. The lowest BCUT2D eigenvalue weighted by atomic mass is 10.3. The van der Waals surface area contributed by atoms with E-state index < -0.39 is 0 Å². The lowest BCUT2D eigenvalue weighted by Gasteiger charge is -1.86. The molecular formula is C7H6N2O2. The summed E-state index contributed by atoms with van der Waals surface area (Å²) in [7, 11) is 0. The minimum absolute atomic E-state index is 0.435. The zero-order chi connectivity index (χ0) is 7.68. The quantitative estimate of drug-likeness (QED) is 0.474. The van der Waals surface area contributed by atoms with Gasteiger partial charge in [0.25, 0.3) is 0 Å². The van der Waals surface area contributed by atoms with Crippen molar-refractivity contribution < 1.29 is 9.32 Å². The van der Waals surface area contributed by atoms with E-state index in [4.69, 9.17) is 4.52 Å². The molecule has 0 aromatic carbocycles. The van der Waals surface area contributed by atoms with Crippen LogP contribution in [0.4, 0.5) is 5.69 Å². The molecule has 0 bridgehead atoms. The van der Waals surface area contributed by atoms with Crippen LogP contribution in [0, 0.1) is 0 Å². The second kappa shape index (κ2) is 2.32. The molecule has 0 unspecified atom stereocenters. The second-order valence-electron chi connectivity index (χ2n) is 2.55. The number of hydrogen-bond acceptors (Lipinski definition) is 4. The van der Waals surface area contributed by atoms with Gasteiger partial charge in [-0.2, -0.15) is 4.99 Å². The molecule has 1 aliphatic carbocycles. The van der Waals surface area contributed by atoms with Crippen molar-refractivity contribution in [3.63, 3.8) is 0 Å². The summed E-state index contributed by atoms with van der Waals surface area (Å²) in [6.45, 7) is 0. The van der Waals surface area contributed by atoms with Crippen LogP contribution < -0.4 is 0 Å². The van der Waals surface area contributed by atoms with Crippen LogP contribution in [0.15, 0.2) is 15.7 Å². The summed E-state index contributed by atoms with van der Waals surface area (Å²) < 4.78 is 4.92. The highest BCUT2D eigenvalue weighted by Crippen LogP contribution is 2.43. The van der Waals surface area contributed by atoms with Crippen molar-refractivity contribution in [1.29, 1.82) is 0 Å². The number of aliphatic imine (C=N–C) groups is 1. The Morgan fingerprint density at radius 3 is 3.18 bits per heavy atom. The van der Waals surface area contributed by atoms with Gasteiger partial charge in [-0.05, 0) is 12.8 Å². The average Bonchev–Trinajstić information content (AvgIpc) is 2.75. The van der Waals surface area contributed by atoms with Gasteiger partial charge < -0.3 is 4.52 Å². The molecule has 1 aromatic rings. The van der Waals surface area contributed by atoms with Gasteiger partial charge in [-0.1, -0.05) is 5.16 Å². The van der Waals surface area contributed by atoms with Gasteiger partial charge >= 0.3 is 0 Å². The second-order valence-corrected chi connectivity index (χ2v) is 2.55. The highest BCUT2D eigenvalue weighted by atomic mass is 16.5. The number of carbonyl (C=O) groups excluding carboxylic acids is 1. The number of aromatic nitrogens is 1. The number of isocyanates is 1. The summed E-state index contributed by atoms with van der Waals surface area (Å²) in [6, 6.07) is 0. The predicted octanol–water partition coefficient (Wildman–Crippen LogP) is 1.52. The van der Waals surface area contributed by atoms with Crippen LogP contribution >= 0.6 is 0 Å². The van der Waals surface area contributed by atoms with Gasteiger partial charge in [0.1, 0.15) is 5.69 Å². The van der Waals surface area contributed by atoms with Gasteiger partial charge in [0, 0.05) is 5.92 Å². The van der Waals surface area contributed by atoms with E-state index in [2.05, 4.69) is 10.1 Å². The van der Waals surface area contributed by atoms with Crippen LogP contribution in [0.25, 0.3) is 0 Å². The van der Waals surface area contributed by atoms with Crippen molar-refractivity contribution in [1.82, 2.24) is 5.16 Å². The molecule has 4 nitrogen and oxygen atoms in total. The minimum atomic E-state index is 0.435. The van der Waals surface area contributed by atoms with Crippen LogP contribution in [-0.2, 0) is 4.79 Å². The first-order valence-corrected chi connectivity index (χ1v) is 3.44. The molecule has 0 saturated heterocycles. The van der Waals surface area contributed by atoms with Crippen molar-refractivity contribution in [2.24, 2.45) is 4.99 Å². The first-order valence-electron chi connectivity index (χ1n) is 3.44. The maximum Gasteiger partial charge on any atom is 0.240 e. The average molecular weight is 150 g/mol. The van der Waals surface area contributed by atoms with Crippen LogP contribution in [0.1, 0.15) is 24.5 Å². The maximum atomic E-state index is 9.91. The first-order chi connectivity index (χ1) is 5.42. The molecule has 56 valence electrons. The monoisotopic (exact) mass is 150 g/mol. The maximum absolute atomic E-state index is 9.91. The van der Waals surface area contributed by atoms with Crippen LogP contribution in [0.2, 0.25) is 0 Å². The van der Waals surface area contributed by atoms with Gasteiger partial charge in [0.15, 0.2) is 5.76 Å². The van der Waals surface area contributed by atoms with Crippen molar-refractivity contribution in [3.8, 4) is 0 Å². The summed E-state index contributed by atoms with van der Waals surface area (Å²) in [6.07, 6.45) is 5.13.